The molecule has 0 aromatic heterocycles. The smallest absolute Gasteiger partial charge is 0.0956 e. The van der Waals surface area contributed by atoms with Crippen LogP contribution in [-0.2, 0) is 4.74 Å². The second-order valence-electron chi connectivity index (χ2n) is 4.37. The molecule has 13 heavy (non-hydrogen) atoms. The fourth-order valence-corrected chi connectivity index (χ4v) is 1.88. The number of hydrogen-bond donors (Lipinski definition) is 1. The topological polar surface area (TPSA) is 36.3 Å². The van der Waals surface area contributed by atoms with Crippen LogP contribution in [0.2, 0.25) is 0 Å². The number of hydrogen-bond acceptors (Lipinski definition) is 2. The van der Waals surface area contributed by atoms with Gasteiger partial charge in [-0.25, -0.2) is 0 Å². The van der Waals surface area contributed by atoms with E-state index >= 15 is 0 Å². The Morgan fingerprint density at radius 2 is 2.23 bits per heavy atom. The maximum absolute atomic E-state index is 7.77. The molecule has 1 saturated heterocycles. The molecule has 1 aliphatic rings. The van der Waals surface area contributed by atoms with Gasteiger partial charge < -0.3 is 9.64 Å². The number of ether oxygens (including phenoxy) is 1. The Labute approximate surface area is 80.6 Å². The van der Waals surface area contributed by atoms with Crippen LogP contribution in [0, 0.1) is 5.41 Å². The van der Waals surface area contributed by atoms with Gasteiger partial charge in [0.2, 0.25) is 0 Å². The maximum Gasteiger partial charge on any atom is 0.0956 e. The van der Waals surface area contributed by atoms with Crippen LogP contribution in [-0.4, -0.2) is 35.5 Å². The van der Waals surface area contributed by atoms with Crippen molar-refractivity contribution in [3.8, 4) is 0 Å². The number of nitrogens with one attached hydrogen (secondary N) is 1. The first-order valence-electron chi connectivity index (χ1n) is 4.95. The third kappa shape index (κ3) is 2.69. The second kappa shape index (κ2) is 3.66. The van der Waals surface area contributed by atoms with Crippen molar-refractivity contribution in [2.24, 2.45) is 0 Å². The quantitative estimate of drug-likeness (QED) is 0.499. The molecular formula is C10H20N2O. The highest BCUT2D eigenvalue weighted by Gasteiger charge is 2.31. The minimum absolute atomic E-state index is 0.112. The van der Waals surface area contributed by atoms with E-state index in [9.17, 15) is 0 Å². The van der Waals surface area contributed by atoms with Crippen molar-refractivity contribution in [2.75, 3.05) is 13.1 Å². The molecule has 0 bridgehead atoms. The van der Waals surface area contributed by atoms with Crippen molar-refractivity contribution in [3.63, 3.8) is 0 Å². The van der Waals surface area contributed by atoms with Gasteiger partial charge in [-0.2, -0.15) is 0 Å². The summed E-state index contributed by atoms with van der Waals surface area (Å²) >= 11 is 0. The Morgan fingerprint density at radius 1 is 1.62 bits per heavy atom. The fourth-order valence-electron chi connectivity index (χ4n) is 1.88. The predicted octanol–water partition coefficient (Wildman–Crippen LogP) is 1.87. The van der Waals surface area contributed by atoms with Crippen LogP contribution in [0.4, 0.5) is 0 Å². The molecule has 1 atom stereocenters. The van der Waals surface area contributed by atoms with Crippen LogP contribution in [0.15, 0.2) is 0 Å². The molecule has 1 rings (SSSR count). The van der Waals surface area contributed by atoms with Crippen molar-refractivity contribution in [1.29, 1.82) is 5.41 Å². The summed E-state index contributed by atoms with van der Waals surface area (Å²) in [5.41, 5.74) is -0.112. The summed E-state index contributed by atoms with van der Waals surface area (Å²) in [5.74, 6) is 0.725. The zero-order valence-electron chi connectivity index (χ0n) is 9.05. The Bertz CT molecular complexity index is 201. The van der Waals surface area contributed by atoms with Crippen molar-refractivity contribution in [2.45, 2.75) is 45.8 Å². The number of amidine groups is 1. The highest BCUT2D eigenvalue weighted by molar-refractivity contribution is 5.79. The van der Waals surface area contributed by atoms with Gasteiger partial charge in [-0.1, -0.05) is 6.92 Å². The van der Waals surface area contributed by atoms with Gasteiger partial charge in [0, 0.05) is 19.5 Å². The molecule has 3 heteroatoms. The first-order valence-corrected chi connectivity index (χ1v) is 4.95. The lowest BCUT2D eigenvalue weighted by Crippen LogP contribution is -2.53. The fraction of sp³-hybridized carbons (Fsp3) is 0.900. The molecule has 0 saturated carbocycles. The van der Waals surface area contributed by atoms with E-state index in [0.29, 0.717) is 0 Å². The Kier molecular flexibility index (Phi) is 2.96. The zero-order chi connectivity index (χ0) is 10.1. The molecule has 3 nitrogen and oxygen atoms in total. The molecular weight excluding hydrogens is 164 g/mol. The molecule has 0 spiro atoms. The largest absolute Gasteiger partial charge is 0.369 e. The molecule has 0 amide bonds. The molecule has 1 fully saturated rings. The average molecular weight is 184 g/mol. The van der Waals surface area contributed by atoms with Gasteiger partial charge in [-0.3, -0.25) is 5.41 Å². The van der Waals surface area contributed by atoms with E-state index in [1.165, 1.54) is 0 Å². The SMILES string of the molecule is CCC(=N)N1CC(C)OC(C)(C)C1. The standard InChI is InChI=1S/C10H20N2O/c1-5-9(11)12-6-8(2)13-10(3,4)7-12/h8,11H,5-7H2,1-4H3. The van der Waals surface area contributed by atoms with Gasteiger partial charge in [0.25, 0.3) is 0 Å². The lowest BCUT2D eigenvalue weighted by molar-refractivity contribution is -0.113. The molecule has 0 aromatic carbocycles. The Morgan fingerprint density at radius 3 is 2.69 bits per heavy atom. The van der Waals surface area contributed by atoms with Crippen LogP contribution in [0.25, 0.3) is 0 Å². The van der Waals surface area contributed by atoms with E-state index in [0.717, 1.165) is 25.3 Å². The maximum atomic E-state index is 7.77. The molecule has 1 heterocycles. The Balaban J connectivity index is 2.62. The van der Waals surface area contributed by atoms with Crippen molar-refractivity contribution < 1.29 is 4.74 Å². The van der Waals surface area contributed by atoms with Gasteiger partial charge in [-0.15, -0.1) is 0 Å². The molecule has 0 aromatic rings. The van der Waals surface area contributed by atoms with Crippen molar-refractivity contribution in [1.82, 2.24) is 4.90 Å². The molecule has 1 N–H and O–H groups in total. The highest BCUT2D eigenvalue weighted by atomic mass is 16.5. The summed E-state index contributed by atoms with van der Waals surface area (Å²) in [4.78, 5) is 2.12. The molecule has 1 unspecified atom stereocenters. The normalized spacial score (nSPS) is 27.4. The predicted molar refractivity (Wildman–Crippen MR) is 54.2 cm³/mol. The van der Waals surface area contributed by atoms with Gasteiger partial charge in [0.15, 0.2) is 0 Å². The van der Waals surface area contributed by atoms with E-state index in [-0.39, 0.29) is 11.7 Å². The van der Waals surface area contributed by atoms with Gasteiger partial charge >= 0.3 is 0 Å². The number of morpholine rings is 1. The van der Waals surface area contributed by atoms with Gasteiger partial charge in [0.05, 0.1) is 17.5 Å². The summed E-state index contributed by atoms with van der Waals surface area (Å²) in [5, 5.41) is 7.77. The average Bonchev–Trinajstić information content (AvgIpc) is 1.99. The highest BCUT2D eigenvalue weighted by Crippen LogP contribution is 2.21. The van der Waals surface area contributed by atoms with E-state index in [2.05, 4.69) is 25.7 Å². The van der Waals surface area contributed by atoms with Gasteiger partial charge in [0.1, 0.15) is 0 Å². The Hall–Kier alpha value is -0.570. The first kappa shape index (κ1) is 10.5. The van der Waals surface area contributed by atoms with E-state index in [1.54, 1.807) is 0 Å². The van der Waals surface area contributed by atoms with E-state index in [4.69, 9.17) is 10.1 Å². The third-order valence-electron chi connectivity index (χ3n) is 2.29. The molecule has 0 aliphatic carbocycles. The minimum Gasteiger partial charge on any atom is -0.369 e. The van der Waals surface area contributed by atoms with Crippen LogP contribution >= 0.6 is 0 Å². The number of nitrogens with zero attached hydrogens (tertiary/aromatic N) is 1. The lowest BCUT2D eigenvalue weighted by atomic mass is 10.1. The van der Waals surface area contributed by atoms with Crippen LogP contribution in [0.1, 0.15) is 34.1 Å². The van der Waals surface area contributed by atoms with E-state index in [1.807, 2.05) is 6.92 Å². The van der Waals surface area contributed by atoms with Crippen molar-refractivity contribution >= 4 is 5.84 Å². The van der Waals surface area contributed by atoms with Gasteiger partial charge in [-0.05, 0) is 20.8 Å². The van der Waals surface area contributed by atoms with Crippen LogP contribution in [0.3, 0.4) is 0 Å². The van der Waals surface area contributed by atoms with Crippen molar-refractivity contribution in [3.05, 3.63) is 0 Å². The molecule has 0 radical (unpaired) electrons. The third-order valence-corrected chi connectivity index (χ3v) is 2.29. The summed E-state index contributed by atoms with van der Waals surface area (Å²) in [6.07, 6.45) is 1.04. The lowest BCUT2D eigenvalue weighted by Gasteiger charge is -2.42. The number of rotatable bonds is 1. The summed E-state index contributed by atoms with van der Waals surface area (Å²) < 4.78 is 5.76. The zero-order valence-corrected chi connectivity index (χ0v) is 9.05. The summed E-state index contributed by atoms with van der Waals surface area (Å²) in [6.45, 7) is 9.95. The monoisotopic (exact) mass is 184 g/mol. The van der Waals surface area contributed by atoms with E-state index < -0.39 is 0 Å². The second-order valence-corrected chi connectivity index (χ2v) is 4.37. The summed E-state index contributed by atoms with van der Waals surface area (Å²) in [7, 11) is 0. The first-order chi connectivity index (χ1) is 5.94. The van der Waals surface area contributed by atoms with Crippen LogP contribution in [0.5, 0.6) is 0 Å². The minimum atomic E-state index is -0.112. The molecule has 1 aliphatic heterocycles. The summed E-state index contributed by atoms with van der Waals surface area (Å²) in [6, 6.07) is 0. The molecule has 76 valence electrons. The van der Waals surface area contributed by atoms with Crippen LogP contribution < -0.4 is 0 Å².